The van der Waals surface area contributed by atoms with E-state index >= 15 is 0 Å². The van der Waals surface area contributed by atoms with E-state index in [4.69, 9.17) is 9.72 Å². The fraction of sp³-hybridized carbons (Fsp3) is 0.433. The molecule has 0 atom stereocenters. The molecule has 5 rings (SSSR count). The van der Waals surface area contributed by atoms with Crippen LogP contribution in [0.3, 0.4) is 0 Å². The van der Waals surface area contributed by atoms with E-state index in [-0.39, 0.29) is 5.92 Å². The summed E-state index contributed by atoms with van der Waals surface area (Å²) in [7, 11) is 0. The molecule has 2 saturated heterocycles. The molecule has 38 heavy (non-hydrogen) atoms. The van der Waals surface area contributed by atoms with Gasteiger partial charge in [0.1, 0.15) is 12.4 Å². The van der Waals surface area contributed by atoms with Crippen LogP contribution in [0.15, 0.2) is 41.8 Å². The Balaban J connectivity index is 1.29. The molecule has 2 aromatic carbocycles. The zero-order valence-corrected chi connectivity index (χ0v) is 22.7. The smallest absolute Gasteiger partial charge is 0.306 e. The van der Waals surface area contributed by atoms with E-state index in [1.165, 1.54) is 24.8 Å². The average Bonchev–Trinajstić information content (AvgIpc) is 3.43. The predicted molar refractivity (Wildman–Crippen MR) is 149 cm³/mol. The van der Waals surface area contributed by atoms with Gasteiger partial charge in [-0.25, -0.2) is 4.98 Å². The van der Waals surface area contributed by atoms with E-state index in [0.29, 0.717) is 38.1 Å². The van der Waals surface area contributed by atoms with Crippen LogP contribution in [0, 0.1) is 24.2 Å². The molecule has 0 unspecified atom stereocenters. The number of aliphatic carboxylic acids is 1. The lowest BCUT2D eigenvalue weighted by Crippen LogP contribution is -2.36. The molecule has 8 heteroatoms. The highest BCUT2D eigenvalue weighted by Gasteiger charge is 2.26. The number of anilines is 1. The van der Waals surface area contributed by atoms with Gasteiger partial charge in [0, 0.05) is 36.1 Å². The van der Waals surface area contributed by atoms with E-state index < -0.39 is 5.97 Å². The third kappa shape index (κ3) is 6.17. The Labute approximate surface area is 228 Å². The first-order valence-corrected chi connectivity index (χ1v) is 14.3. The zero-order valence-electron chi connectivity index (χ0n) is 21.9. The first-order valence-electron chi connectivity index (χ1n) is 13.4. The quantitative estimate of drug-likeness (QED) is 0.390. The molecule has 7 nitrogen and oxygen atoms in total. The molecule has 0 saturated carbocycles. The van der Waals surface area contributed by atoms with Gasteiger partial charge in [-0.05, 0) is 69.5 Å². The van der Waals surface area contributed by atoms with Gasteiger partial charge in [0.25, 0.3) is 0 Å². The summed E-state index contributed by atoms with van der Waals surface area (Å²) in [5.74, 6) is -0.236. The molecule has 2 fully saturated rings. The van der Waals surface area contributed by atoms with Crippen LogP contribution in [-0.2, 0) is 17.9 Å². The van der Waals surface area contributed by atoms with Gasteiger partial charge in [-0.2, -0.15) is 5.26 Å². The monoisotopic (exact) mass is 530 g/mol. The average molecular weight is 531 g/mol. The largest absolute Gasteiger partial charge is 0.488 e. The Morgan fingerprint density at radius 3 is 2.66 bits per heavy atom. The number of carbonyl (C=O) groups is 1. The van der Waals surface area contributed by atoms with Crippen LogP contribution in [-0.4, -0.2) is 47.1 Å². The summed E-state index contributed by atoms with van der Waals surface area (Å²) in [6.45, 7) is 6.90. The van der Waals surface area contributed by atoms with Gasteiger partial charge >= 0.3 is 5.97 Å². The van der Waals surface area contributed by atoms with Crippen LogP contribution in [0.25, 0.3) is 11.3 Å². The van der Waals surface area contributed by atoms with E-state index in [1.54, 1.807) is 11.3 Å². The van der Waals surface area contributed by atoms with Crippen molar-refractivity contribution in [2.45, 2.75) is 52.2 Å². The predicted octanol–water partition coefficient (Wildman–Crippen LogP) is 5.86. The zero-order chi connectivity index (χ0) is 26.5. The number of aryl methyl sites for hydroxylation is 1. The van der Waals surface area contributed by atoms with Crippen LogP contribution < -0.4 is 9.64 Å². The fourth-order valence-electron chi connectivity index (χ4n) is 5.30. The number of hydrogen-bond acceptors (Lipinski definition) is 7. The van der Waals surface area contributed by atoms with Crippen LogP contribution in [0.1, 0.15) is 54.4 Å². The Hall–Kier alpha value is -3.41. The summed E-state index contributed by atoms with van der Waals surface area (Å²) < 4.78 is 6.28. The minimum atomic E-state index is -0.706. The van der Waals surface area contributed by atoms with E-state index in [2.05, 4.69) is 28.0 Å². The molecule has 1 aromatic heterocycles. The van der Waals surface area contributed by atoms with Gasteiger partial charge in [-0.3, -0.25) is 9.69 Å². The molecule has 0 amide bonds. The molecule has 198 valence electrons. The molecule has 3 heterocycles. The Bertz CT molecular complexity index is 1320. The first kappa shape index (κ1) is 26.2. The van der Waals surface area contributed by atoms with Gasteiger partial charge in [-0.15, -0.1) is 11.3 Å². The SMILES string of the molecule is Cc1ccc(OCc2ccc(CN3CCCCC3)cc2C#N)c(-c2csc(N3CCC(C(=O)O)CC3)n2)c1. The number of thiazole rings is 1. The van der Waals surface area contributed by atoms with Gasteiger partial charge in [-0.1, -0.05) is 30.2 Å². The highest BCUT2D eigenvalue weighted by atomic mass is 32.1. The van der Waals surface area contributed by atoms with Gasteiger partial charge in [0.15, 0.2) is 5.13 Å². The molecule has 2 aliphatic rings. The van der Waals surface area contributed by atoms with Crippen molar-refractivity contribution in [2.24, 2.45) is 5.92 Å². The van der Waals surface area contributed by atoms with Gasteiger partial charge < -0.3 is 14.7 Å². The molecule has 2 aliphatic heterocycles. The summed E-state index contributed by atoms with van der Waals surface area (Å²) in [4.78, 5) is 20.8. The first-order chi connectivity index (χ1) is 18.5. The number of rotatable bonds is 8. The third-order valence-electron chi connectivity index (χ3n) is 7.55. The number of hydrogen-bond donors (Lipinski definition) is 1. The summed E-state index contributed by atoms with van der Waals surface area (Å²) in [5.41, 5.74) is 5.60. The number of carboxylic acid groups (broad SMARTS) is 1. The van der Waals surface area contributed by atoms with Crippen molar-refractivity contribution in [1.29, 1.82) is 5.26 Å². The van der Waals surface area contributed by atoms with Crippen LogP contribution in [0.2, 0.25) is 0 Å². The maximum absolute atomic E-state index is 11.3. The highest BCUT2D eigenvalue weighted by Crippen LogP contribution is 2.36. The van der Waals surface area contributed by atoms with Crippen molar-refractivity contribution in [3.8, 4) is 23.1 Å². The topological polar surface area (TPSA) is 89.7 Å². The molecule has 0 bridgehead atoms. The van der Waals surface area contributed by atoms with E-state index in [9.17, 15) is 15.2 Å². The minimum Gasteiger partial charge on any atom is -0.488 e. The fourth-order valence-corrected chi connectivity index (χ4v) is 6.18. The second-order valence-electron chi connectivity index (χ2n) is 10.3. The molecular formula is C30H34N4O3S. The maximum Gasteiger partial charge on any atom is 0.306 e. The number of nitrogens with zero attached hydrogens (tertiary/aromatic N) is 4. The van der Waals surface area contributed by atoms with Crippen molar-refractivity contribution in [3.05, 3.63) is 64.0 Å². The third-order valence-corrected chi connectivity index (χ3v) is 8.45. The van der Waals surface area contributed by atoms with Crippen molar-refractivity contribution in [1.82, 2.24) is 9.88 Å². The number of nitriles is 1. The Morgan fingerprint density at radius 1 is 1.13 bits per heavy atom. The second-order valence-corrected chi connectivity index (χ2v) is 11.2. The Kier molecular flexibility index (Phi) is 8.26. The van der Waals surface area contributed by atoms with Crippen LogP contribution in [0.5, 0.6) is 5.75 Å². The van der Waals surface area contributed by atoms with Gasteiger partial charge in [0.2, 0.25) is 0 Å². The normalized spacial score (nSPS) is 16.8. The second kappa shape index (κ2) is 12.0. The van der Waals surface area contributed by atoms with Gasteiger partial charge in [0.05, 0.1) is 23.2 Å². The molecule has 1 N–H and O–H groups in total. The van der Waals surface area contributed by atoms with Crippen molar-refractivity contribution >= 4 is 22.4 Å². The molecule has 3 aromatic rings. The lowest BCUT2D eigenvalue weighted by molar-refractivity contribution is -0.142. The number of benzene rings is 2. The maximum atomic E-state index is 11.3. The number of aromatic nitrogens is 1. The summed E-state index contributed by atoms with van der Waals surface area (Å²) in [6, 6.07) is 14.6. The molecular weight excluding hydrogens is 496 g/mol. The minimum absolute atomic E-state index is 0.264. The van der Waals surface area contributed by atoms with Crippen LogP contribution >= 0.6 is 11.3 Å². The molecule has 0 spiro atoms. The molecule has 0 aliphatic carbocycles. The van der Waals surface area contributed by atoms with E-state index in [0.717, 1.165) is 52.9 Å². The van der Waals surface area contributed by atoms with Crippen molar-refractivity contribution in [3.63, 3.8) is 0 Å². The number of piperidine rings is 2. The summed E-state index contributed by atoms with van der Waals surface area (Å²) in [6.07, 6.45) is 5.09. The van der Waals surface area contributed by atoms with Crippen molar-refractivity contribution in [2.75, 3.05) is 31.1 Å². The number of ether oxygens (including phenoxy) is 1. The Morgan fingerprint density at radius 2 is 1.92 bits per heavy atom. The number of likely N-dealkylation sites (tertiary alicyclic amines) is 1. The van der Waals surface area contributed by atoms with Crippen LogP contribution in [0.4, 0.5) is 5.13 Å². The highest BCUT2D eigenvalue weighted by molar-refractivity contribution is 7.14. The molecule has 0 radical (unpaired) electrons. The lowest BCUT2D eigenvalue weighted by atomic mass is 9.97. The number of carboxylic acids is 1. The van der Waals surface area contributed by atoms with Crippen molar-refractivity contribution < 1.29 is 14.6 Å². The summed E-state index contributed by atoms with van der Waals surface area (Å²) in [5, 5.41) is 22.1. The van der Waals surface area contributed by atoms with E-state index in [1.807, 2.05) is 36.6 Å². The standard InChI is InChI=1S/C30H34N4O3S/c1-21-5-8-28(26(15-21)27-20-38-30(32-27)34-13-9-23(10-14-34)29(35)36)37-19-24-7-6-22(16-25(24)17-31)18-33-11-3-2-4-12-33/h5-8,15-16,20,23H,2-4,9-14,18-19H2,1H3,(H,35,36). The summed E-state index contributed by atoms with van der Waals surface area (Å²) >= 11 is 1.58. The lowest BCUT2D eigenvalue weighted by Gasteiger charge is -2.29.